The van der Waals surface area contributed by atoms with E-state index in [1.807, 2.05) is 6.07 Å². The number of nitrogens with two attached hydrogens (primary N) is 1. The average molecular weight is 770 g/mol. The highest BCUT2D eigenvalue weighted by atomic mass is 16.7. The standard InChI is InChI=1S/C39H39N5O12/c40-39-42-36-28(37(52)43-39)41-17-44(36)24-10-4-3-9-21(24)26-18(6-5-11-45)15-53-16-25-31(49)32(50)33(51)38(55-25)56-34-23(26)14-22-27(35(34)54-13-12-46)30(48)20-8-2-1-7-19(20)29(22)47/h1-4,7-10,14,18,25-26,31-33,38,45-46,49-51H,5-6,11-13,15-17H2,(H2,40,43,52)/t18-,25-,26-,31-,32+,33-,38+/m0/s1. The number of guanidine groups is 1. The molecule has 0 spiro atoms. The van der Waals surface area contributed by atoms with Gasteiger partial charge in [0.15, 0.2) is 34.6 Å². The summed E-state index contributed by atoms with van der Waals surface area (Å²) < 4.78 is 24.9. The quantitative estimate of drug-likeness (QED) is 0.138. The number of ether oxygens (including phenoxy) is 4. The number of carbonyl (C=O) groups is 3. The first-order valence-electron chi connectivity index (χ1n) is 18.2. The van der Waals surface area contributed by atoms with Crippen LogP contribution in [0.3, 0.4) is 0 Å². The van der Waals surface area contributed by atoms with Crippen LogP contribution in [-0.4, -0.2) is 131 Å². The molecule has 0 unspecified atom stereocenters. The smallest absolute Gasteiger partial charge is 0.302 e. The van der Waals surface area contributed by atoms with Crippen LogP contribution in [0.1, 0.15) is 61.7 Å². The lowest BCUT2D eigenvalue weighted by Gasteiger charge is -2.40. The van der Waals surface area contributed by atoms with E-state index >= 15 is 0 Å². The summed E-state index contributed by atoms with van der Waals surface area (Å²) in [6, 6.07) is 15.1. The number of amidine groups is 1. The van der Waals surface area contributed by atoms with Gasteiger partial charge in [0.25, 0.3) is 0 Å². The van der Waals surface area contributed by atoms with Gasteiger partial charge in [0.2, 0.25) is 12.2 Å². The Bertz CT molecular complexity index is 2190. The van der Waals surface area contributed by atoms with Crippen LogP contribution in [0.5, 0.6) is 11.5 Å². The first kappa shape index (κ1) is 37.5. The Morgan fingerprint density at radius 2 is 1.61 bits per heavy atom. The maximum Gasteiger partial charge on any atom is 0.302 e. The third kappa shape index (κ3) is 6.36. The van der Waals surface area contributed by atoms with Crippen molar-refractivity contribution in [2.24, 2.45) is 26.6 Å². The van der Waals surface area contributed by atoms with Crippen molar-refractivity contribution < 1.29 is 58.9 Å². The number of amides is 1. The summed E-state index contributed by atoms with van der Waals surface area (Å²) in [5.41, 5.74) is 7.46. The molecule has 3 aromatic carbocycles. The molecule has 17 nitrogen and oxygen atoms in total. The minimum atomic E-state index is -1.81. The van der Waals surface area contributed by atoms with Gasteiger partial charge >= 0.3 is 5.91 Å². The summed E-state index contributed by atoms with van der Waals surface area (Å²) in [7, 11) is 0. The molecule has 1 amide bonds. The Morgan fingerprint density at radius 3 is 2.38 bits per heavy atom. The summed E-state index contributed by atoms with van der Waals surface area (Å²) >= 11 is 0. The van der Waals surface area contributed by atoms with Gasteiger partial charge in [0.1, 0.15) is 37.7 Å². The second kappa shape index (κ2) is 15.3. The average Bonchev–Trinajstić information content (AvgIpc) is 3.62. The Morgan fingerprint density at radius 1 is 0.857 bits per heavy atom. The fraction of sp³-hybridized carbons (Fsp3) is 0.385. The zero-order valence-corrected chi connectivity index (χ0v) is 29.9. The Labute approximate surface area is 319 Å². The number of aliphatic hydroxyl groups excluding tert-OH is 5. The Hall–Kier alpha value is -5.40. The van der Waals surface area contributed by atoms with Gasteiger partial charge in [-0.1, -0.05) is 42.5 Å². The van der Waals surface area contributed by atoms with Crippen LogP contribution in [0.15, 0.2) is 69.6 Å². The normalized spacial score (nSPS) is 27.1. The van der Waals surface area contributed by atoms with E-state index in [2.05, 4.69) is 15.0 Å². The molecule has 0 aromatic heterocycles. The number of rotatable bonds is 8. The number of ketones is 2. The zero-order chi connectivity index (χ0) is 39.2. The highest BCUT2D eigenvalue weighted by Crippen LogP contribution is 2.51. The number of para-hydroxylation sites is 1. The molecule has 5 aliphatic rings. The predicted octanol–water partition coefficient (Wildman–Crippen LogP) is 0.0422. The second-order valence-corrected chi connectivity index (χ2v) is 13.9. The van der Waals surface area contributed by atoms with Crippen molar-refractivity contribution >= 4 is 40.7 Å². The third-order valence-corrected chi connectivity index (χ3v) is 10.6. The topological polar surface area (TPSA) is 256 Å². The van der Waals surface area contributed by atoms with Crippen LogP contribution in [0.25, 0.3) is 0 Å². The van der Waals surface area contributed by atoms with Gasteiger partial charge in [-0.15, -0.1) is 0 Å². The number of carbonyl (C=O) groups excluding carboxylic acids is 3. The van der Waals surface area contributed by atoms with E-state index in [0.717, 1.165) is 0 Å². The Kier molecular flexibility index (Phi) is 10.2. The first-order chi connectivity index (χ1) is 27.1. The number of nitrogens with zero attached hydrogens (tertiary/aromatic N) is 4. The Balaban J connectivity index is 1.41. The van der Waals surface area contributed by atoms with Crippen molar-refractivity contribution in [3.05, 3.63) is 88.0 Å². The van der Waals surface area contributed by atoms with Crippen LogP contribution >= 0.6 is 0 Å². The fourth-order valence-corrected chi connectivity index (χ4v) is 8.00. The van der Waals surface area contributed by atoms with E-state index in [4.69, 9.17) is 24.7 Å². The van der Waals surface area contributed by atoms with Gasteiger partial charge in [0.05, 0.1) is 25.4 Å². The lowest BCUT2D eigenvalue weighted by molar-refractivity contribution is -0.280. The van der Waals surface area contributed by atoms with Crippen LogP contribution < -0.4 is 20.1 Å². The fourth-order valence-electron chi connectivity index (χ4n) is 8.00. The second-order valence-electron chi connectivity index (χ2n) is 13.9. The van der Waals surface area contributed by atoms with Gasteiger partial charge in [-0.25, -0.2) is 0 Å². The number of benzene rings is 3. The van der Waals surface area contributed by atoms with E-state index < -0.39 is 66.6 Å². The number of fused-ring (bicyclic) bond motifs is 6. The van der Waals surface area contributed by atoms with Crippen LogP contribution in [0, 0.1) is 5.92 Å². The predicted molar refractivity (Wildman–Crippen MR) is 197 cm³/mol. The molecular formula is C39H39N5O12. The molecule has 3 aromatic rings. The highest BCUT2D eigenvalue weighted by molar-refractivity contribution is 6.72. The van der Waals surface area contributed by atoms with Crippen LogP contribution in [0.2, 0.25) is 0 Å². The lowest BCUT2D eigenvalue weighted by Crippen LogP contribution is -2.60. The molecule has 1 fully saturated rings. The lowest BCUT2D eigenvalue weighted by atomic mass is 9.74. The molecule has 2 bridgehead atoms. The molecular weight excluding hydrogens is 730 g/mol. The van der Waals surface area contributed by atoms with Crippen molar-refractivity contribution in [3.8, 4) is 11.5 Å². The van der Waals surface area contributed by atoms with Crippen molar-refractivity contribution in [3.63, 3.8) is 0 Å². The van der Waals surface area contributed by atoms with Gasteiger partial charge in [-0.2, -0.15) is 9.98 Å². The van der Waals surface area contributed by atoms with E-state index in [1.165, 1.54) is 12.1 Å². The molecule has 4 aliphatic heterocycles. The molecule has 0 radical (unpaired) electrons. The monoisotopic (exact) mass is 769 g/mol. The van der Waals surface area contributed by atoms with Gasteiger partial charge in [-0.05, 0) is 36.5 Å². The zero-order valence-electron chi connectivity index (χ0n) is 29.9. The molecule has 4 heterocycles. The number of aliphatic imine (C=N–C) groups is 3. The van der Waals surface area contributed by atoms with Gasteiger partial charge in [-0.3, -0.25) is 19.4 Å². The van der Waals surface area contributed by atoms with Gasteiger partial charge < -0.3 is 55.1 Å². The van der Waals surface area contributed by atoms with Crippen molar-refractivity contribution in [1.29, 1.82) is 0 Å². The summed E-state index contributed by atoms with van der Waals surface area (Å²) in [5, 5.41) is 53.2. The maximum atomic E-state index is 14.4. The largest absolute Gasteiger partial charge is 0.486 e. The molecule has 1 aliphatic carbocycles. The van der Waals surface area contributed by atoms with Crippen LogP contribution in [0.4, 0.5) is 5.69 Å². The van der Waals surface area contributed by atoms with Crippen molar-refractivity contribution in [2.45, 2.75) is 49.5 Å². The molecule has 0 saturated carbocycles. The molecule has 292 valence electrons. The summed E-state index contributed by atoms with van der Waals surface area (Å²) in [6.07, 6.45) is -7.30. The number of anilines is 1. The minimum absolute atomic E-state index is 0.0142. The van der Waals surface area contributed by atoms with E-state index in [9.17, 15) is 39.9 Å². The summed E-state index contributed by atoms with van der Waals surface area (Å²) in [5.74, 6) is -3.49. The maximum absolute atomic E-state index is 14.4. The van der Waals surface area contributed by atoms with E-state index in [1.54, 1.807) is 41.3 Å². The number of aliphatic hydroxyl groups is 5. The van der Waals surface area contributed by atoms with Crippen molar-refractivity contribution in [2.75, 3.05) is 44.6 Å². The summed E-state index contributed by atoms with van der Waals surface area (Å²) in [4.78, 5) is 55.8. The summed E-state index contributed by atoms with van der Waals surface area (Å²) in [6.45, 7) is -1.28. The molecule has 7 N–H and O–H groups in total. The molecule has 56 heavy (non-hydrogen) atoms. The molecule has 7 atom stereocenters. The molecule has 1 saturated heterocycles. The van der Waals surface area contributed by atoms with Crippen LogP contribution in [-0.2, 0) is 14.3 Å². The number of hydrogen-bond acceptors (Lipinski definition) is 16. The number of hydrogen-bond donors (Lipinski definition) is 6. The van der Waals surface area contributed by atoms with Gasteiger partial charge in [0, 0.05) is 40.5 Å². The highest BCUT2D eigenvalue weighted by Gasteiger charge is 2.48. The first-order valence-corrected chi connectivity index (χ1v) is 18.2. The van der Waals surface area contributed by atoms with E-state index in [0.29, 0.717) is 24.1 Å². The van der Waals surface area contributed by atoms with E-state index in [-0.39, 0.29) is 89.9 Å². The molecule has 17 heteroatoms. The third-order valence-electron chi connectivity index (χ3n) is 10.6. The minimum Gasteiger partial charge on any atom is -0.486 e. The van der Waals surface area contributed by atoms with Crippen molar-refractivity contribution in [1.82, 2.24) is 0 Å². The SMILES string of the molecule is NC1=NC(=O)C2=NCN(c3ccccc3[C@H]3c4cc5c(c(OCCO)c4O[C@H]4O[C@@H](COC[C@@H]3CCCO)[C@H](O)[C@@H](O)[C@@H]4O)C(=O)c3ccccc3C5=O)C2=N1. The molecule has 8 rings (SSSR count).